The summed E-state index contributed by atoms with van der Waals surface area (Å²) in [5, 5.41) is 9.53. The first-order chi connectivity index (χ1) is 7.04. The summed E-state index contributed by atoms with van der Waals surface area (Å²) in [6.07, 6.45) is 0. The zero-order valence-corrected chi connectivity index (χ0v) is 9.37. The Morgan fingerprint density at radius 2 is 2.27 bits per heavy atom. The molecule has 0 unspecified atom stereocenters. The van der Waals surface area contributed by atoms with Crippen LogP contribution in [0.25, 0.3) is 0 Å². The molecule has 0 fully saturated rings. The average molecular weight is 210 g/mol. The number of amides is 1. The molecule has 5 heteroatoms. The maximum absolute atomic E-state index is 11.6. The first-order valence-corrected chi connectivity index (χ1v) is 5.10. The highest BCUT2D eigenvalue weighted by Crippen LogP contribution is 2.11. The molecule has 0 saturated heterocycles. The molecule has 5 nitrogen and oxygen atoms in total. The van der Waals surface area contributed by atoms with Gasteiger partial charge in [0.15, 0.2) is 0 Å². The second-order valence-corrected chi connectivity index (χ2v) is 3.97. The number of rotatable bonds is 4. The highest BCUT2D eigenvalue weighted by Gasteiger charge is 2.13. The molecule has 0 radical (unpaired) electrons. The maximum atomic E-state index is 11.6. The molecule has 1 atom stereocenters. The molecule has 4 N–H and O–H groups in total. The van der Waals surface area contributed by atoms with Crippen molar-refractivity contribution in [2.45, 2.75) is 32.7 Å². The number of nitrogens with two attached hydrogens (primary N) is 1. The van der Waals surface area contributed by atoms with E-state index in [0.29, 0.717) is 18.2 Å². The van der Waals surface area contributed by atoms with Crippen molar-refractivity contribution in [3.05, 3.63) is 17.5 Å². The topological polar surface area (TPSA) is 83.8 Å². The number of aromatic nitrogens is 2. The van der Waals surface area contributed by atoms with Gasteiger partial charge in [0.2, 0.25) is 0 Å². The van der Waals surface area contributed by atoms with E-state index >= 15 is 0 Å². The van der Waals surface area contributed by atoms with Gasteiger partial charge >= 0.3 is 0 Å². The Balaban J connectivity index is 2.66. The third-order valence-electron chi connectivity index (χ3n) is 2.18. The molecule has 1 heterocycles. The molecule has 0 aliphatic heterocycles. The molecule has 0 bridgehead atoms. The van der Waals surface area contributed by atoms with E-state index in [1.54, 1.807) is 6.07 Å². The number of H-pyrrole nitrogens is 1. The molecule has 0 saturated carbocycles. The fourth-order valence-electron chi connectivity index (χ4n) is 1.11. The molecule has 15 heavy (non-hydrogen) atoms. The van der Waals surface area contributed by atoms with Crippen LogP contribution in [-0.4, -0.2) is 28.7 Å². The number of nitrogens with zero attached hydrogens (tertiary/aromatic N) is 1. The van der Waals surface area contributed by atoms with Crippen LogP contribution in [0.2, 0.25) is 0 Å². The Kier molecular flexibility index (Phi) is 3.85. The fraction of sp³-hybridized carbons (Fsp3) is 0.600. The standard InChI is InChI=1S/C10H18N4O/c1-6(2)8-4-9(14-13-8)10(15)12-7(3)5-11/h4,6-7H,5,11H2,1-3H3,(H,12,15)(H,13,14)/t7-/m0/s1. The van der Waals surface area contributed by atoms with Gasteiger partial charge in [0.25, 0.3) is 5.91 Å². The van der Waals surface area contributed by atoms with Crippen LogP contribution in [0.1, 0.15) is 42.9 Å². The van der Waals surface area contributed by atoms with Gasteiger partial charge in [-0.15, -0.1) is 0 Å². The lowest BCUT2D eigenvalue weighted by Gasteiger charge is -2.08. The minimum Gasteiger partial charge on any atom is -0.347 e. The Labute approximate surface area is 89.4 Å². The first-order valence-electron chi connectivity index (χ1n) is 5.10. The van der Waals surface area contributed by atoms with Crippen LogP contribution in [0, 0.1) is 0 Å². The van der Waals surface area contributed by atoms with E-state index in [-0.39, 0.29) is 11.9 Å². The van der Waals surface area contributed by atoms with Gasteiger partial charge in [0, 0.05) is 18.3 Å². The van der Waals surface area contributed by atoms with Gasteiger partial charge in [-0.25, -0.2) is 0 Å². The number of aromatic amines is 1. The second kappa shape index (κ2) is 4.93. The van der Waals surface area contributed by atoms with E-state index in [0.717, 1.165) is 5.69 Å². The van der Waals surface area contributed by atoms with Gasteiger partial charge in [-0.1, -0.05) is 13.8 Å². The van der Waals surface area contributed by atoms with Crippen LogP contribution in [0.5, 0.6) is 0 Å². The van der Waals surface area contributed by atoms with E-state index in [2.05, 4.69) is 15.5 Å². The number of carbonyl (C=O) groups is 1. The van der Waals surface area contributed by atoms with E-state index < -0.39 is 0 Å². The van der Waals surface area contributed by atoms with Crippen molar-refractivity contribution in [3.63, 3.8) is 0 Å². The molecule has 0 aliphatic rings. The smallest absolute Gasteiger partial charge is 0.272 e. The van der Waals surface area contributed by atoms with E-state index in [1.807, 2.05) is 20.8 Å². The summed E-state index contributed by atoms with van der Waals surface area (Å²) in [6, 6.07) is 1.74. The summed E-state index contributed by atoms with van der Waals surface area (Å²) < 4.78 is 0. The molecule has 0 aromatic carbocycles. The van der Waals surface area contributed by atoms with Gasteiger partial charge in [-0.05, 0) is 18.9 Å². The normalized spacial score (nSPS) is 12.9. The van der Waals surface area contributed by atoms with Crippen molar-refractivity contribution in [2.24, 2.45) is 5.73 Å². The average Bonchev–Trinajstić information content (AvgIpc) is 2.66. The maximum Gasteiger partial charge on any atom is 0.272 e. The third-order valence-corrected chi connectivity index (χ3v) is 2.18. The second-order valence-electron chi connectivity index (χ2n) is 3.97. The number of hydrogen-bond acceptors (Lipinski definition) is 3. The van der Waals surface area contributed by atoms with Crippen molar-refractivity contribution in [1.82, 2.24) is 15.5 Å². The van der Waals surface area contributed by atoms with Gasteiger partial charge in [-0.2, -0.15) is 5.10 Å². The molecule has 0 aliphatic carbocycles. The zero-order valence-electron chi connectivity index (χ0n) is 9.37. The van der Waals surface area contributed by atoms with E-state index in [1.165, 1.54) is 0 Å². The van der Waals surface area contributed by atoms with Gasteiger partial charge < -0.3 is 11.1 Å². The van der Waals surface area contributed by atoms with Crippen LogP contribution in [0.15, 0.2) is 6.07 Å². The summed E-state index contributed by atoms with van der Waals surface area (Å²) in [6.45, 7) is 6.36. The quantitative estimate of drug-likeness (QED) is 0.680. The Morgan fingerprint density at radius 3 is 2.73 bits per heavy atom. The number of nitrogens with one attached hydrogen (secondary N) is 2. The summed E-state index contributed by atoms with van der Waals surface area (Å²) in [7, 11) is 0. The Hall–Kier alpha value is -1.36. The predicted molar refractivity (Wildman–Crippen MR) is 58.7 cm³/mol. The molecule has 0 spiro atoms. The Morgan fingerprint density at radius 1 is 1.60 bits per heavy atom. The monoisotopic (exact) mass is 210 g/mol. The van der Waals surface area contributed by atoms with Crippen LogP contribution in [-0.2, 0) is 0 Å². The summed E-state index contributed by atoms with van der Waals surface area (Å²) in [5.74, 6) is 0.155. The number of hydrogen-bond donors (Lipinski definition) is 3. The van der Waals surface area contributed by atoms with Crippen LogP contribution in [0.3, 0.4) is 0 Å². The third kappa shape index (κ3) is 3.06. The lowest BCUT2D eigenvalue weighted by atomic mass is 10.1. The fourth-order valence-corrected chi connectivity index (χ4v) is 1.11. The van der Waals surface area contributed by atoms with E-state index in [4.69, 9.17) is 5.73 Å². The largest absolute Gasteiger partial charge is 0.347 e. The van der Waals surface area contributed by atoms with E-state index in [9.17, 15) is 4.79 Å². The summed E-state index contributed by atoms with van der Waals surface area (Å²) in [4.78, 5) is 11.6. The van der Waals surface area contributed by atoms with Crippen LogP contribution in [0.4, 0.5) is 0 Å². The van der Waals surface area contributed by atoms with Crippen molar-refractivity contribution in [3.8, 4) is 0 Å². The van der Waals surface area contributed by atoms with Crippen LogP contribution >= 0.6 is 0 Å². The molecule has 1 amide bonds. The Bertz CT molecular complexity index is 332. The molecule has 1 aromatic heterocycles. The van der Waals surface area contributed by atoms with Gasteiger partial charge in [0.1, 0.15) is 5.69 Å². The molecule has 84 valence electrons. The lowest BCUT2D eigenvalue weighted by molar-refractivity contribution is 0.0936. The first kappa shape index (κ1) is 11.7. The SMILES string of the molecule is CC(C)c1cc(C(=O)N[C@@H](C)CN)n[nH]1. The predicted octanol–water partition coefficient (Wildman–Crippen LogP) is 0.610. The van der Waals surface area contributed by atoms with Crippen molar-refractivity contribution >= 4 is 5.91 Å². The van der Waals surface area contributed by atoms with Gasteiger partial charge in [-0.3, -0.25) is 9.89 Å². The highest BCUT2D eigenvalue weighted by molar-refractivity contribution is 5.92. The zero-order chi connectivity index (χ0) is 11.4. The summed E-state index contributed by atoms with van der Waals surface area (Å²) in [5.41, 5.74) is 6.78. The molecule has 1 aromatic rings. The van der Waals surface area contributed by atoms with Crippen LogP contribution < -0.4 is 11.1 Å². The van der Waals surface area contributed by atoms with Crippen molar-refractivity contribution in [1.29, 1.82) is 0 Å². The molecule has 1 rings (SSSR count). The lowest BCUT2D eigenvalue weighted by Crippen LogP contribution is -2.37. The summed E-state index contributed by atoms with van der Waals surface area (Å²) >= 11 is 0. The molecular weight excluding hydrogens is 192 g/mol. The minimum atomic E-state index is -0.184. The van der Waals surface area contributed by atoms with Crippen molar-refractivity contribution < 1.29 is 4.79 Å². The highest BCUT2D eigenvalue weighted by atomic mass is 16.2. The molecular formula is C10H18N4O. The minimum absolute atomic E-state index is 0.0308. The van der Waals surface area contributed by atoms with Gasteiger partial charge in [0.05, 0.1) is 0 Å². The number of carbonyl (C=O) groups excluding carboxylic acids is 1. The van der Waals surface area contributed by atoms with Crippen molar-refractivity contribution in [2.75, 3.05) is 6.54 Å².